The SMILES string of the molecule is Cc1[nH]c2ccccc2c1C=NNc1nc2nonc2nc1N. The molecule has 0 aliphatic rings. The molecule has 9 nitrogen and oxygen atoms in total. The van der Waals surface area contributed by atoms with Gasteiger partial charge in [-0.1, -0.05) is 18.2 Å². The molecule has 0 atom stereocenters. The van der Waals surface area contributed by atoms with Crippen LogP contribution in [0, 0.1) is 6.92 Å². The lowest BCUT2D eigenvalue weighted by atomic mass is 10.1. The summed E-state index contributed by atoms with van der Waals surface area (Å²) in [6.07, 6.45) is 1.71. The standard InChI is InChI=1S/C14H12N8O/c1-7-9(8-4-2-3-5-10(8)17-7)6-16-20-12-11(15)18-13-14(19-12)22-23-21-13/h2-6,17H,1H3,(H2,15,18,21)(H,19,20,22). The number of H-pyrrole nitrogens is 1. The molecule has 0 unspecified atom stereocenters. The molecule has 4 N–H and O–H groups in total. The summed E-state index contributed by atoms with van der Waals surface area (Å²) in [6.45, 7) is 1.99. The summed E-state index contributed by atoms with van der Waals surface area (Å²) < 4.78 is 4.55. The zero-order valence-electron chi connectivity index (χ0n) is 12.1. The molecular formula is C14H12N8O. The first-order valence-corrected chi connectivity index (χ1v) is 6.84. The van der Waals surface area contributed by atoms with Crippen molar-refractivity contribution in [2.45, 2.75) is 6.92 Å². The van der Waals surface area contributed by atoms with E-state index in [1.54, 1.807) is 6.21 Å². The number of hydrogen-bond acceptors (Lipinski definition) is 8. The molecule has 0 bridgehead atoms. The number of benzene rings is 1. The van der Waals surface area contributed by atoms with Gasteiger partial charge in [-0.25, -0.2) is 9.61 Å². The Hall–Kier alpha value is -3.49. The van der Waals surface area contributed by atoms with Gasteiger partial charge >= 0.3 is 0 Å². The van der Waals surface area contributed by atoms with Crippen LogP contribution in [0.15, 0.2) is 34.0 Å². The minimum Gasteiger partial charge on any atom is -0.380 e. The van der Waals surface area contributed by atoms with E-state index >= 15 is 0 Å². The Balaban J connectivity index is 1.65. The Kier molecular flexibility index (Phi) is 2.90. The van der Waals surface area contributed by atoms with E-state index in [4.69, 9.17) is 5.73 Å². The fraction of sp³-hybridized carbons (Fsp3) is 0.0714. The highest BCUT2D eigenvalue weighted by Gasteiger charge is 2.10. The number of fused-ring (bicyclic) bond motifs is 2. The number of nitrogens with two attached hydrogens (primary N) is 1. The Morgan fingerprint density at radius 2 is 2.00 bits per heavy atom. The number of anilines is 2. The monoisotopic (exact) mass is 308 g/mol. The largest absolute Gasteiger partial charge is 0.380 e. The van der Waals surface area contributed by atoms with E-state index < -0.39 is 0 Å². The smallest absolute Gasteiger partial charge is 0.245 e. The van der Waals surface area contributed by atoms with Crippen molar-refractivity contribution in [3.8, 4) is 0 Å². The van der Waals surface area contributed by atoms with Gasteiger partial charge < -0.3 is 10.7 Å². The summed E-state index contributed by atoms with van der Waals surface area (Å²) >= 11 is 0. The van der Waals surface area contributed by atoms with Gasteiger partial charge in [0.15, 0.2) is 11.6 Å². The molecule has 0 amide bonds. The number of nitrogens with one attached hydrogen (secondary N) is 2. The molecule has 1 aromatic carbocycles. The first-order chi connectivity index (χ1) is 11.2. The number of para-hydroxylation sites is 1. The number of hydrogen-bond donors (Lipinski definition) is 3. The predicted octanol–water partition coefficient (Wildman–Crippen LogP) is 1.83. The van der Waals surface area contributed by atoms with E-state index in [2.05, 4.69) is 40.4 Å². The minimum absolute atomic E-state index is 0.168. The van der Waals surface area contributed by atoms with Gasteiger partial charge in [0, 0.05) is 22.2 Å². The normalized spacial score (nSPS) is 11.7. The van der Waals surface area contributed by atoms with Crippen LogP contribution in [0.2, 0.25) is 0 Å². The van der Waals surface area contributed by atoms with E-state index in [0.717, 1.165) is 22.2 Å². The van der Waals surface area contributed by atoms with Crippen molar-refractivity contribution in [3.63, 3.8) is 0 Å². The van der Waals surface area contributed by atoms with Crippen LogP contribution >= 0.6 is 0 Å². The average molecular weight is 308 g/mol. The van der Waals surface area contributed by atoms with Gasteiger partial charge in [0.1, 0.15) is 0 Å². The second-order valence-electron chi connectivity index (χ2n) is 4.95. The van der Waals surface area contributed by atoms with E-state index in [0.29, 0.717) is 5.82 Å². The van der Waals surface area contributed by atoms with E-state index in [1.807, 2.05) is 31.2 Å². The van der Waals surface area contributed by atoms with Crippen molar-refractivity contribution in [2.24, 2.45) is 5.10 Å². The first-order valence-electron chi connectivity index (χ1n) is 6.84. The van der Waals surface area contributed by atoms with Crippen molar-refractivity contribution >= 4 is 40.0 Å². The molecule has 3 heterocycles. The number of rotatable bonds is 3. The molecule has 4 rings (SSSR count). The van der Waals surface area contributed by atoms with E-state index in [-0.39, 0.29) is 17.1 Å². The van der Waals surface area contributed by atoms with Crippen LogP contribution < -0.4 is 11.2 Å². The molecule has 114 valence electrons. The Labute approximate surface area is 129 Å². The topological polar surface area (TPSA) is 131 Å². The highest BCUT2D eigenvalue weighted by atomic mass is 16.6. The van der Waals surface area contributed by atoms with Crippen molar-refractivity contribution in [3.05, 3.63) is 35.5 Å². The molecule has 0 saturated carbocycles. The summed E-state index contributed by atoms with van der Waals surface area (Å²) in [5, 5.41) is 12.5. The number of hydrazone groups is 1. The van der Waals surface area contributed by atoms with Crippen LogP contribution in [0.4, 0.5) is 11.6 Å². The van der Waals surface area contributed by atoms with Crippen molar-refractivity contribution < 1.29 is 4.63 Å². The first kappa shape index (κ1) is 13.2. The number of aryl methyl sites for hydroxylation is 1. The Morgan fingerprint density at radius 1 is 1.22 bits per heavy atom. The number of aromatic nitrogens is 5. The quantitative estimate of drug-likeness (QED) is 0.388. The third-order valence-corrected chi connectivity index (χ3v) is 3.45. The maximum Gasteiger partial charge on any atom is 0.245 e. The lowest BCUT2D eigenvalue weighted by Crippen LogP contribution is -2.02. The van der Waals surface area contributed by atoms with Gasteiger partial charge in [0.25, 0.3) is 0 Å². The predicted molar refractivity (Wildman–Crippen MR) is 86.1 cm³/mol. The van der Waals surface area contributed by atoms with Crippen LogP contribution in [0.25, 0.3) is 22.2 Å². The summed E-state index contributed by atoms with van der Waals surface area (Å²) in [6, 6.07) is 8.01. The molecule has 0 aliphatic heterocycles. The third-order valence-electron chi connectivity index (χ3n) is 3.45. The van der Waals surface area contributed by atoms with Crippen molar-refractivity contribution in [2.75, 3.05) is 11.2 Å². The molecule has 0 spiro atoms. The van der Waals surface area contributed by atoms with Gasteiger partial charge in [-0.05, 0) is 23.3 Å². The minimum atomic E-state index is 0.168. The van der Waals surface area contributed by atoms with Gasteiger partial charge in [-0.3, -0.25) is 5.43 Å². The zero-order valence-corrected chi connectivity index (χ0v) is 12.1. The summed E-state index contributed by atoms with van der Waals surface area (Å²) in [7, 11) is 0. The van der Waals surface area contributed by atoms with Gasteiger partial charge in [0.05, 0.1) is 6.21 Å². The third kappa shape index (κ3) is 2.24. The highest BCUT2D eigenvalue weighted by molar-refractivity contribution is 6.00. The van der Waals surface area contributed by atoms with Crippen molar-refractivity contribution in [1.82, 2.24) is 25.3 Å². The second-order valence-corrected chi connectivity index (χ2v) is 4.95. The second kappa shape index (κ2) is 5.05. The summed E-state index contributed by atoms with van der Waals surface area (Å²) in [5.74, 6) is 0.461. The molecule has 4 aromatic rings. The van der Waals surface area contributed by atoms with Crippen LogP contribution in [0.1, 0.15) is 11.3 Å². The van der Waals surface area contributed by atoms with E-state index in [1.165, 1.54) is 0 Å². The Morgan fingerprint density at radius 3 is 2.87 bits per heavy atom. The van der Waals surface area contributed by atoms with Gasteiger partial charge in [-0.15, -0.1) is 0 Å². The average Bonchev–Trinajstić information content (AvgIpc) is 3.11. The molecule has 0 saturated heterocycles. The lowest BCUT2D eigenvalue weighted by molar-refractivity contribution is 0.314. The molecular weight excluding hydrogens is 296 g/mol. The summed E-state index contributed by atoms with van der Waals surface area (Å²) in [4.78, 5) is 11.5. The van der Waals surface area contributed by atoms with Gasteiger partial charge in [0.2, 0.25) is 11.3 Å². The van der Waals surface area contributed by atoms with Crippen molar-refractivity contribution in [1.29, 1.82) is 0 Å². The maximum atomic E-state index is 5.80. The maximum absolute atomic E-state index is 5.80. The summed E-state index contributed by atoms with van der Waals surface area (Å²) in [5.41, 5.74) is 12.2. The number of aromatic amines is 1. The molecule has 23 heavy (non-hydrogen) atoms. The zero-order chi connectivity index (χ0) is 15.8. The molecule has 9 heteroatoms. The number of nitrogen functional groups attached to an aromatic ring is 1. The molecule has 3 aromatic heterocycles. The van der Waals surface area contributed by atoms with Gasteiger partial charge in [-0.2, -0.15) is 10.1 Å². The van der Waals surface area contributed by atoms with Crippen LogP contribution in [0.5, 0.6) is 0 Å². The molecule has 0 aliphatic carbocycles. The van der Waals surface area contributed by atoms with Crippen LogP contribution in [-0.4, -0.2) is 31.5 Å². The number of nitrogens with zero attached hydrogens (tertiary/aromatic N) is 5. The molecule has 0 radical (unpaired) electrons. The molecule has 0 fully saturated rings. The van der Waals surface area contributed by atoms with E-state index in [9.17, 15) is 0 Å². The van der Waals surface area contributed by atoms with Crippen LogP contribution in [-0.2, 0) is 0 Å². The fourth-order valence-corrected chi connectivity index (χ4v) is 2.36. The highest BCUT2D eigenvalue weighted by Crippen LogP contribution is 2.20. The van der Waals surface area contributed by atoms with Crippen LogP contribution in [0.3, 0.4) is 0 Å². The fourth-order valence-electron chi connectivity index (χ4n) is 2.36. The Bertz CT molecular complexity index is 1030. The lowest BCUT2D eigenvalue weighted by Gasteiger charge is -2.01.